The SMILES string of the molecule is CCCCOc1cc(O)c2c(c1)OC(C)(C)CC2=NCc1cc(=O)[nH]o1. The number of aromatic nitrogens is 1. The lowest BCUT2D eigenvalue weighted by Gasteiger charge is -2.34. The van der Waals surface area contributed by atoms with Gasteiger partial charge in [0, 0.05) is 24.6 Å². The number of phenols is 1. The molecule has 0 saturated heterocycles. The van der Waals surface area contributed by atoms with Crippen molar-refractivity contribution in [2.24, 2.45) is 4.99 Å². The number of hydrogen-bond donors (Lipinski definition) is 2. The molecule has 0 saturated carbocycles. The molecule has 1 aromatic heterocycles. The van der Waals surface area contributed by atoms with Gasteiger partial charge in [-0.2, -0.15) is 5.16 Å². The van der Waals surface area contributed by atoms with E-state index in [9.17, 15) is 9.90 Å². The summed E-state index contributed by atoms with van der Waals surface area (Å²) in [6, 6.07) is 4.74. The zero-order valence-electron chi connectivity index (χ0n) is 15.3. The van der Waals surface area contributed by atoms with E-state index >= 15 is 0 Å². The largest absolute Gasteiger partial charge is 0.507 e. The van der Waals surface area contributed by atoms with Crippen molar-refractivity contribution in [2.45, 2.75) is 52.2 Å². The van der Waals surface area contributed by atoms with Gasteiger partial charge >= 0.3 is 0 Å². The lowest BCUT2D eigenvalue weighted by Crippen LogP contribution is -2.36. The Bertz CT molecular complexity index is 863. The van der Waals surface area contributed by atoms with Gasteiger partial charge in [0.2, 0.25) is 0 Å². The third-order valence-corrected chi connectivity index (χ3v) is 4.09. The first kappa shape index (κ1) is 18.1. The molecule has 0 unspecified atom stereocenters. The van der Waals surface area contributed by atoms with Crippen LogP contribution in [0.25, 0.3) is 0 Å². The number of fused-ring (bicyclic) bond motifs is 1. The Hall–Kier alpha value is -2.70. The van der Waals surface area contributed by atoms with E-state index in [4.69, 9.17) is 14.0 Å². The van der Waals surface area contributed by atoms with Gasteiger partial charge in [0.15, 0.2) is 5.76 Å². The second kappa shape index (κ2) is 7.27. The molecule has 26 heavy (non-hydrogen) atoms. The third-order valence-electron chi connectivity index (χ3n) is 4.09. The van der Waals surface area contributed by atoms with Crippen LogP contribution in [0.1, 0.15) is 51.4 Å². The van der Waals surface area contributed by atoms with E-state index < -0.39 is 5.60 Å². The highest BCUT2D eigenvalue weighted by molar-refractivity contribution is 6.06. The van der Waals surface area contributed by atoms with E-state index in [-0.39, 0.29) is 17.9 Å². The average molecular weight is 360 g/mol. The van der Waals surface area contributed by atoms with Gasteiger partial charge in [-0.25, -0.2) is 0 Å². The van der Waals surface area contributed by atoms with Crippen LogP contribution in [0.15, 0.2) is 32.5 Å². The molecule has 140 valence electrons. The first-order valence-electron chi connectivity index (χ1n) is 8.78. The summed E-state index contributed by atoms with van der Waals surface area (Å²) in [7, 11) is 0. The molecule has 0 amide bonds. The lowest BCUT2D eigenvalue weighted by molar-refractivity contribution is 0.110. The van der Waals surface area contributed by atoms with Gasteiger partial charge < -0.3 is 19.1 Å². The van der Waals surface area contributed by atoms with Crippen molar-refractivity contribution < 1.29 is 19.1 Å². The molecule has 0 bridgehead atoms. The summed E-state index contributed by atoms with van der Waals surface area (Å²) in [5.41, 5.74) is 0.492. The van der Waals surface area contributed by atoms with Crippen LogP contribution in [0.2, 0.25) is 0 Å². The lowest BCUT2D eigenvalue weighted by atomic mass is 9.91. The molecule has 1 aliphatic heterocycles. The maximum Gasteiger partial charge on any atom is 0.280 e. The van der Waals surface area contributed by atoms with Crippen molar-refractivity contribution >= 4 is 5.71 Å². The highest BCUT2D eigenvalue weighted by atomic mass is 16.5. The van der Waals surface area contributed by atoms with Crippen molar-refractivity contribution in [2.75, 3.05) is 6.61 Å². The van der Waals surface area contributed by atoms with Gasteiger partial charge in [-0.1, -0.05) is 13.3 Å². The number of aliphatic imine (C=N–C) groups is 1. The van der Waals surface area contributed by atoms with Gasteiger partial charge in [-0.15, -0.1) is 0 Å². The number of nitrogens with one attached hydrogen (secondary N) is 1. The van der Waals surface area contributed by atoms with E-state index in [0.29, 0.717) is 41.6 Å². The smallest absolute Gasteiger partial charge is 0.280 e. The Kier molecular flexibility index (Phi) is 5.06. The number of aromatic hydroxyl groups is 1. The fourth-order valence-electron chi connectivity index (χ4n) is 2.90. The molecule has 1 aliphatic rings. The number of aromatic amines is 1. The van der Waals surface area contributed by atoms with Crippen molar-refractivity contribution in [1.29, 1.82) is 0 Å². The summed E-state index contributed by atoms with van der Waals surface area (Å²) >= 11 is 0. The quantitative estimate of drug-likeness (QED) is 0.770. The zero-order chi connectivity index (χ0) is 18.7. The molecule has 2 aromatic rings. The van der Waals surface area contributed by atoms with E-state index in [0.717, 1.165) is 12.8 Å². The molecule has 2 heterocycles. The predicted octanol–water partition coefficient (Wildman–Crippen LogP) is 3.40. The number of hydrogen-bond acceptors (Lipinski definition) is 6. The van der Waals surface area contributed by atoms with Gasteiger partial charge in [-0.3, -0.25) is 9.79 Å². The fraction of sp³-hybridized carbons (Fsp3) is 0.474. The molecule has 7 nitrogen and oxygen atoms in total. The second-order valence-corrected chi connectivity index (χ2v) is 7.00. The second-order valence-electron chi connectivity index (χ2n) is 7.00. The minimum atomic E-state index is -0.473. The number of unbranched alkanes of at least 4 members (excludes halogenated alkanes) is 1. The molecular weight excluding hydrogens is 336 g/mol. The van der Waals surface area contributed by atoms with Gasteiger partial charge in [0.25, 0.3) is 5.56 Å². The van der Waals surface area contributed by atoms with Crippen molar-refractivity contribution in [1.82, 2.24) is 5.16 Å². The van der Waals surface area contributed by atoms with E-state index in [1.165, 1.54) is 6.07 Å². The van der Waals surface area contributed by atoms with Crippen LogP contribution in [0.5, 0.6) is 17.2 Å². The molecule has 7 heteroatoms. The van der Waals surface area contributed by atoms with Crippen LogP contribution in [-0.4, -0.2) is 28.2 Å². The van der Waals surface area contributed by atoms with Crippen LogP contribution in [0, 0.1) is 0 Å². The topological polar surface area (TPSA) is 97.0 Å². The van der Waals surface area contributed by atoms with Gasteiger partial charge in [0.1, 0.15) is 29.4 Å². The Balaban J connectivity index is 1.92. The van der Waals surface area contributed by atoms with Crippen LogP contribution in [0.3, 0.4) is 0 Å². The van der Waals surface area contributed by atoms with Crippen molar-refractivity contribution in [3.63, 3.8) is 0 Å². The third kappa shape index (κ3) is 4.09. The summed E-state index contributed by atoms with van der Waals surface area (Å²) in [6.45, 7) is 6.81. The van der Waals surface area contributed by atoms with E-state index in [2.05, 4.69) is 17.1 Å². The molecule has 2 N–H and O–H groups in total. The molecule has 0 atom stereocenters. The van der Waals surface area contributed by atoms with Gasteiger partial charge in [0.05, 0.1) is 17.9 Å². The number of ether oxygens (including phenoxy) is 2. The van der Waals surface area contributed by atoms with Crippen LogP contribution < -0.4 is 15.0 Å². The Labute approximate surface area is 151 Å². The molecule has 1 aromatic carbocycles. The van der Waals surface area contributed by atoms with Gasteiger partial charge in [-0.05, 0) is 20.3 Å². The monoisotopic (exact) mass is 360 g/mol. The molecule has 0 aliphatic carbocycles. The summed E-state index contributed by atoms with van der Waals surface area (Å²) in [6.07, 6.45) is 2.50. The van der Waals surface area contributed by atoms with Crippen molar-refractivity contribution in [3.05, 3.63) is 39.9 Å². The van der Waals surface area contributed by atoms with Crippen LogP contribution in [-0.2, 0) is 6.54 Å². The summed E-state index contributed by atoms with van der Waals surface area (Å²) < 4.78 is 16.8. The average Bonchev–Trinajstić information content (AvgIpc) is 2.97. The molecule has 0 radical (unpaired) electrons. The summed E-state index contributed by atoms with van der Waals surface area (Å²) in [5, 5.41) is 12.8. The number of rotatable bonds is 6. The standard InChI is InChI=1S/C19H24N2O5/c1-4-5-6-24-12-7-15(22)18-14(10-19(2,3)25-16(18)8-12)20-11-13-9-17(23)21-26-13/h7-9,22H,4-6,10-11H2,1-3H3,(H,21,23). The summed E-state index contributed by atoms with van der Waals surface area (Å²) in [5.74, 6) is 1.62. The number of nitrogens with zero attached hydrogens (tertiary/aromatic N) is 1. The van der Waals surface area contributed by atoms with Crippen molar-refractivity contribution in [3.8, 4) is 17.2 Å². The van der Waals surface area contributed by atoms with E-state index in [1.807, 2.05) is 13.8 Å². The zero-order valence-corrected chi connectivity index (χ0v) is 15.3. The van der Waals surface area contributed by atoms with Crippen LogP contribution >= 0.6 is 0 Å². The Morgan fingerprint density at radius 3 is 2.85 bits per heavy atom. The maximum atomic E-state index is 11.2. The molecule has 3 rings (SSSR count). The maximum absolute atomic E-state index is 11.2. The number of phenolic OH excluding ortho intramolecular Hbond substituents is 1. The molecule has 0 spiro atoms. The minimum absolute atomic E-state index is 0.0683. The summed E-state index contributed by atoms with van der Waals surface area (Å²) in [4.78, 5) is 15.7. The Morgan fingerprint density at radius 2 is 2.15 bits per heavy atom. The molecular formula is C19H24N2O5. The fourth-order valence-corrected chi connectivity index (χ4v) is 2.90. The first-order valence-corrected chi connectivity index (χ1v) is 8.78. The number of benzene rings is 1. The minimum Gasteiger partial charge on any atom is -0.507 e. The van der Waals surface area contributed by atoms with E-state index in [1.54, 1.807) is 12.1 Å². The number of H-pyrrole nitrogens is 1. The predicted molar refractivity (Wildman–Crippen MR) is 97.4 cm³/mol. The normalized spacial score (nSPS) is 17.0. The first-order chi connectivity index (χ1) is 12.4. The highest BCUT2D eigenvalue weighted by Gasteiger charge is 2.33. The Morgan fingerprint density at radius 1 is 1.35 bits per heavy atom. The highest BCUT2D eigenvalue weighted by Crippen LogP contribution is 2.41. The molecule has 0 fully saturated rings. The van der Waals surface area contributed by atoms with Crippen LogP contribution in [0.4, 0.5) is 0 Å².